The van der Waals surface area contributed by atoms with Gasteiger partial charge in [0.2, 0.25) is 0 Å². The molecule has 2 nitrogen and oxygen atoms in total. The van der Waals surface area contributed by atoms with E-state index in [-0.39, 0.29) is 19.5 Å². The zero-order valence-electron chi connectivity index (χ0n) is 7.84. The highest BCUT2D eigenvalue weighted by Gasteiger charge is 2.26. The number of hydrogen-bond donors (Lipinski definition) is 2. The average Bonchev–Trinajstić information content (AvgIpc) is 2.21. The van der Waals surface area contributed by atoms with E-state index in [0.29, 0.717) is 0 Å². The highest BCUT2D eigenvalue weighted by atomic mass is 79.9. The molecule has 1 rings (SSSR count). The van der Waals surface area contributed by atoms with Crippen molar-refractivity contribution in [3.63, 3.8) is 0 Å². The molecule has 0 radical (unpaired) electrons. The number of benzene rings is 1. The topological polar surface area (TPSA) is 52.0 Å². The predicted octanol–water partition coefficient (Wildman–Crippen LogP) is 1.62. The average molecular weight is 261 g/mol. The molecule has 0 heterocycles. The lowest BCUT2D eigenvalue weighted by Gasteiger charge is -2.21. The number of halogens is 2. The number of alkyl halides is 1. The molecule has 0 saturated carbocycles. The molecule has 0 saturated heterocycles. The van der Waals surface area contributed by atoms with Gasteiger partial charge in [-0.2, -0.15) is 0 Å². The summed E-state index contributed by atoms with van der Waals surface area (Å²) < 4.78 is 14.8. The minimum atomic E-state index is -1.48. The van der Waals surface area contributed by atoms with Crippen LogP contribution >= 0.6 is 15.9 Å². The minimum absolute atomic E-state index is 0.0421. The van der Waals surface area contributed by atoms with E-state index in [1.165, 1.54) is 0 Å². The summed E-state index contributed by atoms with van der Waals surface area (Å²) >= 11 is 3.32. The smallest absolute Gasteiger partial charge is 0.139 e. The molecular formula is C10H14BrFN2. The number of nitrogens with two attached hydrogens (primary N) is 2. The molecule has 0 spiro atoms. The van der Waals surface area contributed by atoms with Gasteiger partial charge in [0, 0.05) is 24.0 Å². The van der Waals surface area contributed by atoms with Crippen LogP contribution in [0.1, 0.15) is 5.56 Å². The molecule has 4 heteroatoms. The quantitative estimate of drug-likeness (QED) is 0.865. The fourth-order valence-electron chi connectivity index (χ4n) is 1.20. The van der Waals surface area contributed by atoms with Crippen LogP contribution in [0.25, 0.3) is 0 Å². The van der Waals surface area contributed by atoms with Crippen molar-refractivity contribution in [2.24, 2.45) is 11.5 Å². The van der Waals surface area contributed by atoms with Crippen LogP contribution in [0.2, 0.25) is 0 Å². The Balaban J connectivity index is 2.72. The SMILES string of the molecule is NCC(F)(CN)Cc1ccc(Br)cc1. The summed E-state index contributed by atoms with van der Waals surface area (Å²) in [5, 5.41) is 0. The van der Waals surface area contributed by atoms with E-state index in [2.05, 4.69) is 15.9 Å². The molecule has 0 unspecified atom stereocenters. The van der Waals surface area contributed by atoms with Crippen molar-refractivity contribution in [3.05, 3.63) is 34.3 Å². The molecule has 1 aromatic carbocycles. The van der Waals surface area contributed by atoms with Crippen LogP contribution in [0.4, 0.5) is 4.39 Å². The number of hydrogen-bond acceptors (Lipinski definition) is 2. The largest absolute Gasteiger partial charge is 0.327 e. The van der Waals surface area contributed by atoms with E-state index >= 15 is 0 Å². The Kier molecular flexibility index (Phi) is 4.04. The molecule has 0 bridgehead atoms. The fraction of sp³-hybridized carbons (Fsp3) is 0.400. The summed E-state index contributed by atoms with van der Waals surface area (Å²) in [6, 6.07) is 7.49. The van der Waals surface area contributed by atoms with Gasteiger partial charge < -0.3 is 11.5 Å². The normalized spacial score (nSPS) is 11.7. The van der Waals surface area contributed by atoms with Gasteiger partial charge >= 0.3 is 0 Å². The van der Waals surface area contributed by atoms with Crippen molar-refractivity contribution < 1.29 is 4.39 Å². The van der Waals surface area contributed by atoms with Gasteiger partial charge in [0.05, 0.1) is 0 Å². The van der Waals surface area contributed by atoms with E-state index in [1.807, 2.05) is 24.3 Å². The van der Waals surface area contributed by atoms with E-state index in [0.717, 1.165) is 10.0 Å². The summed E-state index contributed by atoms with van der Waals surface area (Å²) in [6.45, 7) is -0.0842. The second-order valence-corrected chi connectivity index (χ2v) is 4.28. The Hall–Kier alpha value is -0.450. The first-order valence-electron chi connectivity index (χ1n) is 4.43. The maximum absolute atomic E-state index is 13.8. The third kappa shape index (κ3) is 3.04. The molecule has 0 atom stereocenters. The Morgan fingerprint density at radius 3 is 2.07 bits per heavy atom. The van der Waals surface area contributed by atoms with Crippen LogP contribution < -0.4 is 11.5 Å². The zero-order chi connectivity index (χ0) is 10.6. The van der Waals surface area contributed by atoms with Crippen molar-refractivity contribution in [2.75, 3.05) is 13.1 Å². The number of rotatable bonds is 4. The predicted molar refractivity (Wildman–Crippen MR) is 59.8 cm³/mol. The van der Waals surface area contributed by atoms with Gasteiger partial charge in [-0.25, -0.2) is 4.39 Å². The van der Waals surface area contributed by atoms with Crippen LogP contribution in [0.3, 0.4) is 0 Å². The Labute approximate surface area is 91.6 Å². The molecule has 78 valence electrons. The summed E-state index contributed by atoms with van der Waals surface area (Å²) in [4.78, 5) is 0. The lowest BCUT2D eigenvalue weighted by molar-refractivity contribution is 0.184. The van der Waals surface area contributed by atoms with Gasteiger partial charge in [0.1, 0.15) is 5.67 Å². The highest BCUT2D eigenvalue weighted by Crippen LogP contribution is 2.18. The summed E-state index contributed by atoms with van der Waals surface area (Å²) in [7, 11) is 0. The highest BCUT2D eigenvalue weighted by molar-refractivity contribution is 9.10. The van der Waals surface area contributed by atoms with Gasteiger partial charge in [-0.05, 0) is 17.7 Å². The van der Waals surface area contributed by atoms with Gasteiger partial charge in [-0.3, -0.25) is 0 Å². The van der Waals surface area contributed by atoms with Crippen LogP contribution in [0.15, 0.2) is 28.7 Å². The van der Waals surface area contributed by atoms with Crippen molar-refractivity contribution in [3.8, 4) is 0 Å². The van der Waals surface area contributed by atoms with Gasteiger partial charge in [0.25, 0.3) is 0 Å². The monoisotopic (exact) mass is 260 g/mol. The van der Waals surface area contributed by atoms with Crippen molar-refractivity contribution in [1.82, 2.24) is 0 Å². The van der Waals surface area contributed by atoms with Crippen molar-refractivity contribution >= 4 is 15.9 Å². The fourth-order valence-corrected chi connectivity index (χ4v) is 1.46. The first-order chi connectivity index (χ1) is 6.59. The van der Waals surface area contributed by atoms with Gasteiger partial charge in [0.15, 0.2) is 0 Å². The zero-order valence-corrected chi connectivity index (χ0v) is 9.43. The van der Waals surface area contributed by atoms with Crippen molar-refractivity contribution in [2.45, 2.75) is 12.1 Å². The van der Waals surface area contributed by atoms with Crippen molar-refractivity contribution in [1.29, 1.82) is 0 Å². The molecular weight excluding hydrogens is 247 g/mol. The molecule has 4 N–H and O–H groups in total. The molecule has 14 heavy (non-hydrogen) atoms. The van der Waals surface area contributed by atoms with Gasteiger partial charge in [-0.15, -0.1) is 0 Å². The molecule has 1 aromatic rings. The molecule has 0 aliphatic heterocycles. The van der Waals surface area contributed by atoms with Crippen LogP contribution in [-0.2, 0) is 6.42 Å². The maximum atomic E-state index is 13.8. The molecule has 0 aromatic heterocycles. The van der Waals surface area contributed by atoms with Crippen LogP contribution in [0.5, 0.6) is 0 Å². The minimum Gasteiger partial charge on any atom is -0.327 e. The van der Waals surface area contributed by atoms with E-state index in [4.69, 9.17) is 11.5 Å². The summed E-state index contributed by atoms with van der Waals surface area (Å²) in [5.74, 6) is 0. The third-order valence-electron chi connectivity index (χ3n) is 2.17. The lowest BCUT2D eigenvalue weighted by atomic mass is 9.97. The van der Waals surface area contributed by atoms with Crippen LogP contribution in [0, 0.1) is 0 Å². The third-order valence-corrected chi connectivity index (χ3v) is 2.69. The second-order valence-electron chi connectivity index (χ2n) is 3.36. The molecule has 0 fully saturated rings. The molecule has 0 amide bonds. The Morgan fingerprint density at radius 2 is 1.64 bits per heavy atom. The van der Waals surface area contributed by atoms with E-state index in [1.54, 1.807) is 0 Å². The second kappa shape index (κ2) is 4.87. The standard InChI is InChI=1S/C10H14BrFN2/c11-9-3-1-8(2-4-9)5-10(12,6-13)7-14/h1-4H,5-7,13-14H2. The Bertz CT molecular complexity index is 283. The van der Waals surface area contributed by atoms with Gasteiger partial charge in [-0.1, -0.05) is 28.1 Å². The molecule has 0 aliphatic carbocycles. The first-order valence-corrected chi connectivity index (χ1v) is 5.22. The maximum Gasteiger partial charge on any atom is 0.139 e. The summed E-state index contributed by atoms with van der Waals surface area (Å²) in [5.41, 5.74) is 10.1. The lowest BCUT2D eigenvalue weighted by Crippen LogP contribution is -2.42. The van der Waals surface area contributed by atoms with Crippen LogP contribution in [-0.4, -0.2) is 18.8 Å². The molecule has 0 aliphatic rings. The first kappa shape index (κ1) is 11.6. The summed E-state index contributed by atoms with van der Waals surface area (Å²) in [6.07, 6.45) is 0.271. The Morgan fingerprint density at radius 1 is 1.14 bits per heavy atom. The van der Waals surface area contributed by atoms with E-state index in [9.17, 15) is 4.39 Å². The van der Waals surface area contributed by atoms with E-state index < -0.39 is 5.67 Å².